The van der Waals surface area contributed by atoms with Crippen LogP contribution < -0.4 is 15.4 Å². The first kappa shape index (κ1) is 15.7. The maximum atomic E-state index is 12.1. The molecule has 1 atom stereocenters. The second-order valence-corrected chi connectivity index (χ2v) is 7.22. The molecule has 2 aliphatic rings. The topological polar surface area (TPSA) is 50.4 Å². The molecule has 2 N–H and O–H groups in total. The second-order valence-electron chi connectivity index (χ2n) is 6.07. The summed E-state index contributed by atoms with van der Waals surface area (Å²) < 4.78 is 5.88. The van der Waals surface area contributed by atoms with Crippen LogP contribution in [0.3, 0.4) is 0 Å². The first-order chi connectivity index (χ1) is 10.8. The average Bonchev–Trinajstić information content (AvgIpc) is 3.37. The summed E-state index contributed by atoms with van der Waals surface area (Å²) in [4.78, 5) is 12.1. The predicted octanol–water partition coefficient (Wildman–Crippen LogP) is 2.19. The molecule has 120 valence electrons. The highest BCUT2D eigenvalue weighted by Gasteiger charge is 2.22. The fraction of sp³-hybridized carbons (Fsp3) is 0.588. The Morgan fingerprint density at radius 2 is 2.23 bits per heavy atom. The molecular weight excluding hydrogens is 296 g/mol. The van der Waals surface area contributed by atoms with Crippen molar-refractivity contribution in [3.8, 4) is 5.75 Å². The standard InChI is InChI=1S/C17H24N2O2S/c20-17(9-15-12-22-8-7-18-15)19-10-14-3-1-2-4-16(14)21-11-13-5-6-13/h1-4,13,15,18H,5-12H2,(H,19,20). The molecule has 1 aromatic rings. The summed E-state index contributed by atoms with van der Waals surface area (Å²) >= 11 is 1.91. The maximum Gasteiger partial charge on any atom is 0.221 e. The van der Waals surface area contributed by atoms with Crippen LogP contribution in [0.15, 0.2) is 24.3 Å². The van der Waals surface area contributed by atoms with Gasteiger partial charge in [-0.2, -0.15) is 11.8 Å². The molecule has 1 unspecified atom stereocenters. The molecule has 1 aliphatic carbocycles. The third-order valence-electron chi connectivity index (χ3n) is 4.05. The normalized spacial score (nSPS) is 21.4. The molecule has 0 aromatic heterocycles. The number of nitrogens with one attached hydrogen (secondary N) is 2. The van der Waals surface area contributed by atoms with Crippen molar-refractivity contribution in [2.45, 2.75) is 31.8 Å². The fourth-order valence-corrected chi connectivity index (χ4v) is 3.47. The van der Waals surface area contributed by atoms with Crippen molar-refractivity contribution in [1.82, 2.24) is 10.6 Å². The van der Waals surface area contributed by atoms with Gasteiger partial charge in [-0.1, -0.05) is 18.2 Å². The summed E-state index contributed by atoms with van der Waals surface area (Å²) in [5.74, 6) is 3.91. The van der Waals surface area contributed by atoms with Crippen molar-refractivity contribution in [3.63, 3.8) is 0 Å². The van der Waals surface area contributed by atoms with E-state index in [1.165, 1.54) is 12.8 Å². The van der Waals surface area contributed by atoms with E-state index >= 15 is 0 Å². The van der Waals surface area contributed by atoms with Crippen LogP contribution in [0.25, 0.3) is 0 Å². The second kappa shape index (κ2) is 7.88. The van der Waals surface area contributed by atoms with Crippen molar-refractivity contribution in [1.29, 1.82) is 0 Å². The SMILES string of the molecule is O=C(CC1CSCCN1)NCc1ccccc1OCC1CC1. The van der Waals surface area contributed by atoms with Gasteiger partial charge in [0.05, 0.1) is 6.61 Å². The largest absolute Gasteiger partial charge is 0.493 e. The van der Waals surface area contributed by atoms with Gasteiger partial charge < -0.3 is 15.4 Å². The molecule has 1 amide bonds. The molecule has 2 fully saturated rings. The summed E-state index contributed by atoms with van der Waals surface area (Å²) in [6.07, 6.45) is 3.12. The summed E-state index contributed by atoms with van der Waals surface area (Å²) in [6.45, 7) is 2.34. The van der Waals surface area contributed by atoms with E-state index in [2.05, 4.69) is 10.6 Å². The first-order valence-electron chi connectivity index (χ1n) is 8.10. The molecule has 1 saturated heterocycles. The zero-order valence-electron chi connectivity index (χ0n) is 12.8. The molecular formula is C17H24N2O2S. The van der Waals surface area contributed by atoms with Gasteiger partial charge in [-0.15, -0.1) is 0 Å². The van der Waals surface area contributed by atoms with Gasteiger partial charge in [-0.25, -0.2) is 0 Å². The first-order valence-corrected chi connectivity index (χ1v) is 9.25. The van der Waals surface area contributed by atoms with Crippen molar-refractivity contribution in [3.05, 3.63) is 29.8 Å². The van der Waals surface area contributed by atoms with Gasteiger partial charge in [-0.05, 0) is 24.8 Å². The molecule has 0 bridgehead atoms. The fourth-order valence-electron chi connectivity index (χ4n) is 2.52. The smallest absolute Gasteiger partial charge is 0.221 e. The van der Waals surface area contributed by atoms with E-state index in [4.69, 9.17) is 4.74 Å². The quantitative estimate of drug-likeness (QED) is 0.808. The number of rotatable bonds is 7. The number of hydrogen-bond donors (Lipinski definition) is 2. The minimum Gasteiger partial charge on any atom is -0.493 e. The van der Waals surface area contributed by atoms with Crippen LogP contribution in [0.2, 0.25) is 0 Å². The van der Waals surface area contributed by atoms with E-state index in [1.807, 2.05) is 36.0 Å². The maximum absolute atomic E-state index is 12.1. The Labute approximate surface area is 136 Å². The van der Waals surface area contributed by atoms with Crippen molar-refractivity contribution in [2.24, 2.45) is 5.92 Å². The number of carbonyl (C=O) groups excluding carboxylic acids is 1. The molecule has 1 aromatic carbocycles. The third-order valence-corrected chi connectivity index (χ3v) is 5.18. The van der Waals surface area contributed by atoms with Crippen LogP contribution in [0.1, 0.15) is 24.8 Å². The Morgan fingerprint density at radius 3 is 3.00 bits per heavy atom. The Hall–Kier alpha value is -1.20. The molecule has 5 heteroatoms. The highest BCUT2D eigenvalue weighted by molar-refractivity contribution is 7.99. The molecule has 3 rings (SSSR count). The zero-order chi connectivity index (χ0) is 15.2. The minimum atomic E-state index is 0.108. The van der Waals surface area contributed by atoms with Crippen molar-refractivity contribution in [2.75, 3.05) is 24.7 Å². The Balaban J connectivity index is 1.46. The molecule has 1 saturated carbocycles. The van der Waals surface area contributed by atoms with Gasteiger partial charge in [0.2, 0.25) is 5.91 Å². The van der Waals surface area contributed by atoms with Crippen LogP contribution in [0.5, 0.6) is 5.75 Å². The summed E-state index contributed by atoms with van der Waals surface area (Å²) in [7, 11) is 0. The monoisotopic (exact) mass is 320 g/mol. The summed E-state index contributed by atoms with van der Waals surface area (Å²) in [6, 6.07) is 8.29. The van der Waals surface area contributed by atoms with Gasteiger partial charge in [-0.3, -0.25) is 4.79 Å². The van der Waals surface area contributed by atoms with Gasteiger partial charge in [0, 0.05) is 42.6 Å². The highest BCUT2D eigenvalue weighted by Crippen LogP contribution is 2.30. The summed E-state index contributed by atoms with van der Waals surface area (Å²) in [5.41, 5.74) is 1.06. The molecule has 1 aliphatic heterocycles. The van der Waals surface area contributed by atoms with Crippen LogP contribution in [0, 0.1) is 5.92 Å². The van der Waals surface area contributed by atoms with Gasteiger partial charge in [0.25, 0.3) is 0 Å². The van der Waals surface area contributed by atoms with Gasteiger partial charge in [0.1, 0.15) is 5.75 Å². The zero-order valence-corrected chi connectivity index (χ0v) is 13.7. The Kier molecular flexibility index (Phi) is 5.62. The lowest BCUT2D eigenvalue weighted by Gasteiger charge is -2.22. The van der Waals surface area contributed by atoms with E-state index in [0.717, 1.165) is 41.9 Å². The van der Waals surface area contributed by atoms with Crippen LogP contribution in [0.4, 0.5) is 0 Å². The molecule has 1 heterocycles. The number of para-hydroxylation sites is 1. The van der Waals surface area contributed by atoms with E-state index in [0.29, 0.717) is 19.0 Å². The molecule has 4 nitrogen and oxygen atoms in total. The number of ether oxygens (including phenoxy) is 1. The Bertz CT molecular complexity index is 499. The lowest BCUT2D eigenvalue weighted by Crippen LogP contribution is -2.41. The summed E-state index contributed by atoms with van der Waals surface area (Å²) in [5, 5.41) is 6.41. The van der Waals surface area contributed by atoms with Crippen LogP contribution in [-0.2, 0) is 11.3 Å². The minimum absolute atomic E-state index is 0.108. The average molecular weight is 320 g/mol. The number of benzene rings is 1. The van der Waals surface area contributed by atoms with Crippen LogP contribution in [-0.4, -0.2) is 36.6 Å². The lowest BCUT2D eigenvalue weighted by atomic mass is 10.2. The number of hydrogen-bond acceptors (Lipinski definition) is 4. The van der Waals surface area contributed by atoms with Crippen molar-refractivity contribution < 1.29 is 9.53 Å². The van der Waals surface area contributed by atoms with Crippen LogP contribution >= 0.6 is 11.8 Å². The van der Waals surface area contributed by atoms with E-state index in [-0.39, 0.29) is 5.91 Å². The Morgan fingerprint density at radius 1 is 1.36 bits per heavy atom. The predicted molar refractivity (Wildman–Crippen MR) is 90.2 cm³/mol. The van der Waals surface area contributed by atoms with E-state index in [1.54, 1.807) is 0 Å². The van der Waals surface area contributed by atoms with E-state index < -0.39 is 0 Å². The van der Waals surface area contributed by atoms with Crippen molar-refractivity contribution >= 4 is 17.7 Å². The van der Waals surface area contributed by atoms with Gasteiger partial charge >= 0.3 is 0 Å². The molecule has 0 spiro atoms. The number of thioether (sulfide) groups is 1. The highest BCUT2D eigenvalue weighted by atomic mass is 32.2. The molecule has 22 heavy (non-hydrogen) atoms. The number of carbonyl (C=O) groups is 1. The molecule has 0 radical (unpaired) electrons. The third kappa shape index (κ3) is 4.92. The van der Waals surface area contributed by atoms with E-state index in [9.17, 15) is 4.79 Å². The van der Waals surface area contributed by atoms with Gasteiger partial charge in [0.15, 0.2) is 0 Å². The lowest BCUT2D eigenvalue weighted by molar-refractivity contribution is -0.121. The number of amides is 1.